The van der Waals surface area contributed by atoms with Gasteiger partial charge in [0.25, 0.3) is 0 Å². The van der Waals surface area contributed by atoms with Crippen LogP contribution in [-0.4, -0.2) is 68.6 Å². The number of β-amino-alcohol motifs (C(OH)–C–C–N with tert-alkyl or cyclic N) is 1. The van der Waals surface area contributed by atoms with Gasteiger partial charge in [-0.05, 0) is 24.3 Å². The van der Waals surface area contributed by atoms with Crippen molar-refractivity contribution in [2.24, 2.45) is 0 Å². The van der Waals surface area contributed by atoms with E-state index in [4.69, 9.17) is 9.47 Å². The Morgan fingerprint density at radius 1 is 1.36 bits per heavy atom. The number of nitrogens with zero attached hydrogens (tertiary/aromatic N) is 1. The van der Waals surface area contributed by atoms with Gasteiger partial charge in [0.1, 0.15) is 5.75 Å². The minimum Gasteiger partial charge on any atom is -0.497 e. The Bertz CT molecular complexity index is 460. The van der Waals surface area contributed by atoms with Crippen LogP contribution in [0.15, 0.2) is 24.3 Å². The van der Waals surface area contributed by atoms with E-state index >= 15 is 0 Å². The summed E-state index contributed by atoms with van der Waals surface area (Å²) in [5.74, 6) is 0.729. The van der Waals surface area contributed by atoms with E-state index in [1.54, 1.807) is 31.4 Å². The van der Waals surface area contributed by atoms with Gasteiger partial charge >= 0.3 is 6.03 Å². The van der Waals surface area contributed by atoms with Crippen molar-refractivity contribution < 1.29 is 19.4 Å². The molecule has 1 aromatic carbocycles. The van der Waals surface area contributed by atoms with Crippen LogP contribution >= 0.6 is 0 Å². The zero-order valence-corrected chi connectivity index (χ0v) is 12.7. The van der Waals surface area contributed by atoms with Gasteiger partial charge in [0.05, 0.1) is 26.4 Å². The second kappa shape index (κ2) is 8.57. The van der Waals surface area contributed by atoms with Crippen LogP contribution in [-0.2, 0) is 4.74 Å². The molecule has 0 bridgehead atoms. The molecule has 1 fully saturated rings. The van der Waals surface area contributed by atoms with Crippen LogP contribution in [0.3, 0.4) is 0 Å². The molecule has 0 spiro atoms. The summed E-state index contributed by atoms with van der Waals surface area (Å²) >= 11 is 0. The molecule has 0 radical (unpaired) electrons. The number of nitrogens with one attached hydrogen (secondary N) is 2. The third-order valence-corrected chi connectivity index (χ3v) is 3.42. The Labute approximate surface area is 130 Å². The van der Waals surface area contributed by atoms with Crippen molar-refractivity contribution in [2.75, 3.05) is 51.8 Å². The second-order valence-corrected chi connectivity index (χ2v) is 5.13. The average Bonchev–Trinajstić information content (AvgIpc) is 2.55. The van der Waals surface area contributed by atoms with Crippen LogP contribution < -0.4 is 15.4 Å². The zero-order valence-electron chi connectivity index (χ0n) is 12.7. The number of morpholine rings is 1. The molecule has 1 atom stereocenters. The summed E-state index contributed by atoms with van der Waals surface area (Å²) in [5.41, 5.74) is 0.668. The van der Waals surface area contributed by atoms with E-state index in [9.17, 15) is 9.90 Å². The molecule has 1 aliphatic heterocycles. The molecule has 2 rings (SSSR count). The fourth-order valence-electron chi connectivity index (χ4n) is 2.21. The van der Waals surface area contributed by atoms with E-state index in [-0.39, 0.29) is 12.6 Å². The van der Waals surface area contributed by atoms with Crippen molar-refractivity contribution in [1.82, 2.24) is 10.2 Å². The summed E-state index contributed by atoms with van der Waals surface area (Å²) in [6, 6.07) is 6.70. The third-order valence-electron chi connectivity index (χ3n) is 3.42. The maximum Gasteiger partial charge on any atom is 0.319 e. The molecule has 0 saturated carbocycles. The van der Waals surface area contributed by atoms with Gasteiger partial charge in [0.2, 0.25) is 0 Å². The molecular formula is C15H23N3O4. The molecule has 0 aliphatic carbocycles. The Hall–Kier alpha value is -1.83. The number of hydrogen-bond donors (Lipinski definition) is 3. The number of aliphatic hydroxyl groups excluding tert-OH is 1. The first kappa shape index (κ1) is 16.5. The van der Waals surface area contributed by atoms with Gasteiger partial charge < -0.3 is 25.2 Å². The number of hydrogen-bond acceptors (Lipinski definition) is 5. The van der Waals surface area contributed by atoms with E-state index < -0.39 is 6.10 Å². The highest BCUT2D eigenvalue weighted by Gasteiger charge is 2.15. The number of methoxy groups -OCH3 is 1. The van der Waals surface area contributed by atoms with Gasteiger partial charge in [-0.25, -0.2) is 4.79 Å². The van der Waals surface area contributed by atoms with Crippen molar-refractivity contribution in [3.05, 3.63) is 24.3 Å². The van der Waals surface area contributed by atoms with E-state index in [2.05, 4.69) is 15.5 Å². The van der Waals surface area contributed by atoms with Crippen molar-refractivity contribution in [1.29, 1.82) is 0 Å². The normalized spacial score (nSPS) is 16.8. The molecule has 1 unspecified atom stereocenters. The Balaban J connectivity index is 1.67. The number of carbonyl (C=O) groups excluding carboxylic acids is 1. The SMILES string of the molecule is COc1ccc(NC(=O)NCC(O)CN2CCOCC2)cc1. The molecule has 1 saturated heterocycles. The van der Waals surface area contributed by atoms with Crippen LogP contribution in [0.5, 0.6) is 5.75 Å². The van der Waals surface area contributed by atoms with E-state index in [0.29, 0.717) is 25.4 Å². The molecule has 7 heteroatoms. The second-order valence-electron chi connectivity index (χ2n) is 5.13. The first-order valence-electron chi connectivity index (χ1n) is 7.34. The van der Waals surface area contributed by atoms with Gasteiger partial charge in [0.15, 0.2) is 0 Å². The lowest BCUT2D eigenvalue weighted by Gasteiger charge is -2.28. The Kier molecular flexibility index (Phi) is 6.45. The predicted molar refractivity (Wildman–Crippen MR) is 83.3 cm³/mol. The lowest BCUT2D eigenvalue weighted by molar-refractivity contribution is 0.0154. The monoisotopic (exact) mass is 309 g/mol. The van der Waals surface area contributed by atoms with Crippen molar-refractivity contribution in [2.45, 2.75) is 6.10 Å². The van der Waals surface area contributed by atoms with Gasteiger partial charge in [-0.1, -0.05) is 0 Å². The minimum absolute atomic E-state index is 0.208. The summed E-state index contributed by atoms with van der Waals surface area (Å²) in [4.78, 5) is 13.9. The molecule has 1 aliphatic rings. The quantitative estimate of drug-likeness (QED) is 0.713. The first-order valence-corrected chi connectivity index (χ1v) is 7.34. The van der Waals surface area contributed by atoms with E-state index in [0.717, 1.165) is 18.8 Å². The van der Waals surface area contributed by atoms with Crippen molar-refractivity contribution in [3.8, 4) is 5.75 Å². The van der Waals surface area contributed by atoms with Crippen LogP contribution in [0.4, 0.5) is 10.5 Å². The minimum atomic E-state index is -0.597. The number of ether oxygens (including phenoxy) is 2. The first-order chi connectivity index (χ1) is 10.7. The summed E-state index contributed by atoms with van der Waals surface area (Å²) < 4.78 is 10.3. The number of urea groups is 1. The van der Waals surface area contributed by atoms with Gasteiger partial charge in [-0.3, -0.25) is 4.90 Å². The molecule has 1 aromatic rings. The van der Waals surface area contributed by atoms with Crippen molar-refractivity contribution in [3.63, 3.8) is 0 Å². The molecular weight excluding hydrogens is 286 g/mol. The number of anilines is 1. The van der Waals surface area contributed by atoms with Gasteiger partial charge in [0, 0.05) is 31.9 Å². The standard InChI is InChI=1S/C15H23N3O4/c1-21-14-4-2-12(3-5-14)17-15(20)16-10-13(19)11-18-6-8-22-9-7-18/h2-5,13,19H,6-11H2,1H3,(H2,16,17,20). The fourth-order valence-corrected chi connectivity index (χ4v) is 2.21. The summed E-state index contributed by atoms with van der Waals surface area (Å²) in [6.45, 7) is 3.76. The van der Waals surface area contributed by atoms with Crippen LogP contribution in [0.2, 0.25) is 0 Å². The zero-order chi connectivity index (χ0) is 15.8. The lowest BCUT2D eigenvalue weighted by Crippen LogP contribution is -2.45. The lowest BCUT2D eigenvalue weighted by atomic mass is 10.3. The van der Waals surface area contributed by atoms with Crippen LogP contribution in [0.25, 0.3) is 0 Å². The van der Waals surface area contributed by atoms with Crippen LogP contribution in [0.1, 0.15) is 0 Å². The number of benzene rings is 1. The average molecular weight is 309 g/mol. The Morgan fingerprint density at radius 3 is 2.68 bits per heavy atom. The summed E-state index contributed by atoms with van der Waals surface area (Å²) in [7, 11) is 1.59. The Morgan fingerprint density at radius 2 is 2.05 bits per heavy atom. The molecule has 1 heterocycles. The number of rotatable bonds is 6. The molecule has 0 aromatic heterocycles. The fraction of sp³-hybridized carbons (Fsp3) is 0.533. The maximum atomic E-state index is 11.8. The number of aliphatic hydroxyl groups is 1. The van der Waals surface area contributed by atoms with Gasteiger partial charge in [-0.2, -0.15) is 0 Å². The van der Waals surface area contributed by atoms with E-state index in [1.165, 1.54) is 0 Å². The molecule has 3 N–H and O–H groups in total. The topological polar surface area (TPSA) is 83.1 Å². The molecule has 7 nitrogen and oxygen atoms in total. The van der Waals surface area contributed by atoms with Crippen LogP contribution in [0, 0.1) is 0 Å². The highest BCUT2D eigenvalue weighted by Crippen LogP contribution is 2.14. The molecule has 22 heavy (non-hydrogen) atoms. The molecule has 2 amide bonds. The largest absolute Gasteiger partial charge is 0.497 e. The number of carbonyl (C=O) groups is 1. The maximum absolute atomic E-state index is 11.8. The highest BCUT2D eigenvalue weighted by molar-refractivity contribution is 5.89. The third kappa shape index (κ3) is 5.51. The number of amides is 2. The predicted octanol–water partition coefficient (Wildman–Crippen LogP) is 0.510. The van der Waals surface area contributed by atoms with E-state index in [1.807, 2.05) is 0 Å². The smallest absolute Gasteiger partial charge is 0.319 e. The van der Waals surface area contributed by atoms with Crippen molar-refractivity contribution >= 4 is 11.7 Å². The van der Waals surface area contributed by atoms with Gasteiger partial charge in [-0.15, -0.1) is 0 Å². The summed E-state index contributed by atoms with van der Waals surface area (Å²) in [6.07, 6.45) is -0.597. The molecule has 122 valence electrons. The highest BCUT2D eigenvalue weighted by atomic mass is 16.5. The summed E-state index contributed by atoms with van der Waals surface area (Å²) in [5, 5.41) is 15.3.